The molecule has 0 unspecified atom stereocenters. The van der Waals surface area contributed by atoms with Crippen LogP contribution in [0.25, 0.3) is 0 Å². The van der Waals surface area contributed by atoms with Gasteiger partial charge in [-0.1, -0.05) is 6.07 Å². The Kier molecular flexibility index (Phi) is 6.11. The quantitative estimate of drug-likeness (QED) is 0.737. The Labute approximate surface area is 165 Å². The number of methoxy groups -OCH3 is 1. The van der Waals surface area contributed by atoms with Crippen LogP contribution in [0.5, 0.6) is 5.75 Å². The van der Waals surface area contributed by atoms with Crippen molar-refractivity contribution in [3.8, 4) is 5.75 Å². The standard InChI is InChI=1S/C20H20BrFN2O3/c1-27-18-8-4-13(11-15(18)21)5-9-19(25)23-14-6-7-17(16(22)12-14)24-10-2-3-20(24)26/h4,6-8,11-12H,2-3,5,9-10H2,1H3,(H,23,25). The van der Waals surface area contributed by atoms with Crippen LogP contribution in [-0.4, -0.2) is 25.5 Å². The summed E-state index contributed by atoms with van der Waals surface area (Å²) in [5.74, 6) is -0.0555. The number of nitrogens with zero attached hydrogens (tertiary/aromatic N) is 1. The van der Waals surface area contributed by atoms with Gasteiger partial charge in [0.1, 0.15) is 11.6 Å². The molecule has 2 aromatic carbocycles. The van der Waals surface area contributed by atoms with Gasteiger partial charge in [0.05, 0.1) is 17.3 Å². The summed E-state index contributed by atoms with van der Waals surface area (Å²) in [4.78, 5) is 25.4. The van der Waals surface area contributed by atoms with Crippen molar-refractivity contribution in [3.05, 3.63) is 52.3 Å². The molecule has 1 aliphatic heterocycles. The van der Waals surface area contributed by atoms with Crippen LogP contribution in [0.4, 0.5) is 15.8 Å². The number of carbonyl (C=O) groups is 2. The average molecular weight is 435 g/mol. The summed E-state index contributed by atoms with van der Waals surface area (Å²) in [6, 6.07) is 10.1. The number of ether oxygens (including phenoxy) is 1. The number of halogens is 2. The number of amides is 2. The number of aryl methyl sites for hydroxylation is 1. The van der Waals surface area contributed by atoms with Crippen molar-refractivity contribution >= 4 is 39.1 Å². The average Bonchev–Trinajstić information content (AvgIpc) is 3.06. The second-order valence-electron chi connectivity index (χ2n) is 6.33. The predicted molar refractivity (Wildman–Crippen MR) is 106 cm³/mol. The Hall–Kier alpha value is -2.41. The molecule has 3 rings (SSSR count). The van der Waals surface area contributed by atoms with Gasteiger partial charge in [-0.15, -0.1) is 0 Å². The maximum Gasteiger partial charge on any atom is 0.227 e. The minimum atomic E-state index is -0.512. The topological polar surface area (TPSA) is 58.6 Å². The van der Waals surface area contributed by atoms with Gasteiger partial charge in [0.25, 0.3) is 0 Å². The Morgan fingerprint density at radius 1 is 1.30 bits per heavy atom. The molecule has 0 bridgehead atoms. The smallest absolute Gasteiger partial charge is 0.227 e. The molecule has 1 fully saturated rings. The van der Waals surface area contributed by atoms with Crippen LogP contribution < -0.4 is 15.0 Å². The third-order valence-electron chi connectivity index (χ3n) is 4.45. The third-order valence-corrected chi connectivity index (χ3v) is 5.07. The second-order valence-corrected chi connectivity index (χ2v) is 7.19. The summed E-state index contributed by atoms with van der Waals surface area (Å²) in [6.07, 6.45) is 2.00. The van der Waals surface area contributed by atoms with E-state index in [1.54, 1.807) is 13.2 Å². The molecule has 27 heavy (non-hydrogen) atoms. The molecule has 2 amide bonds. The van der Waals surface area contributed by atoms with E-state index in [-0.39, 0.29) is 23.9 Å². The van der Waals surface area contributed by atoms with Gasteiger partial charge in [0.2, 0.25) is 11.8 Å². The van der Waals surface area contributed by atoms with Gasteiger partial charge in [0, 0.05) is 25.1 Å². The van der Waals surface area contributed by atoms with Crippen molar-refractivity contribution in [2.24, 2.45) is 0 Å². The fraction of sp³-hybridized carbons (Fsp3) is 0.300. The summed E-state index contributed by atoms with van der Waals surface area (Å²) < 4.78 is 20.3. The molecular weight excluding hydrogens is 415 g/mol. The van der Waals surface area contributed by atoms with Crippen molar-refractivity contribution in [3.63, 3.8) is 0 Å². The van der Waals surface area contributed by atoms with E-state index in [1.165, 1.54) is 17.0 Å². The van der Waals surface area contributed by atoms with Crippen LogP contribution in [0.2, 0.25) is 0 Å². The number of anilines is 2. The first kappa shape index (κ1) is 19.4. The molecule has 1 aliphatic rings. The molecule has 2 aromatic rings. The first-order valence-electron chi connectivity index (χ1n) is 8.70. The van der Waals surface area contributed by atoms with Crippen LogP contribution in [-0.2, 0) is 16.0 Å². The fourth-order valence-corrected chi connectivity index (χ4v) is 3.64. The Morgan fingerprint density at radius 2 is 2.11 bits per heavy atom. The molecule has 0 radical (unpaired) electrons. The van der Waals surface area contributed by atoms with Crippen molar-refractivity contribution in [2.75, 3.05) is 23.9 Å². The second kappa shape index (κ2) is 8.52. The highest BCUT2D eigenvalue weighted by Crippen LogP contribution is 2.28. The zero-order valence-electron chi connectivity index (χ0n) is 14.9. The monoisotopic (exact) mass is 434 g/mol. The third kappa shape index (κ3) is 4.66. The zero-order chi connectivity index (χ0) is 19.4. The van der Waals surface area contributed by atoms with Crippen molar-refractivity contribution in [1.29, 1.82) is 0 Å². The number of nitrogens with one attached hydrogen (secondary N) is 1. The molecule has 0 saturated carbocycles. The summed E-state index contributed by atoms with van der Waals surface area (Å²) >= 11 is 3.42. The molecule has 1 heterocycles. The summed E-state index contributed by atoms with van der Waals surface area (Å²) in [5.41, 5.74) is 1.63. The number of rotatable bonds is 6. The zero-order valence-corrected chi connectivity index (χ0v) is 16.5. The van der Waals surface area contributed by atoms with Crippen molar-refractivity contribution in [1.82, 2.24) is 0 Å². The molecule has 0 atom stereocenters. The van der Waals surface area contributed by atoms with Gasteiger partial charge in [-0.2, -0.15) is 0 Å². The molecule has 0 aromatic heterocycles. The number of hydrogen-bond donors (Lipinski definition) is 1. The molecule has 1 N–H and O–H groups in total. The largest absolute Gasteiger partial charge is 0.496 e. The van der Waals surface area contributed by atoms with E-state index < -0.39 is 5.82 Å². The lowest BCUT2D eigenvalue weighted by molar-refractivity contribution is -0.117. The number of benzene rings is 2. The molecule has 5 nitrogen and oxygen atoms in total. The van der Waals surface area contributed by atoms with Crippen LogP contribution in [0.3, 0.4) is 0 Å². The molecule has 0 spiro atoms. The normalized spacial score (nSPS) is 13.7. The van der Waals surface area contributed by atoms with Gasteiger partial charge >= 0.3 is 0 Å². The minimum absolute atomic E-state index is 0.0728. The number of hydrogen-bond acceptors (Lipinski definition) is 3. The highest BCUT2D eigenvalue weighted by molar-refractivity contribution is 9.10. The highest BCUT2D eigenvalue weighted by Gasteiger charge is 2.24. The molecule has 1 saturated heterocycles. The fourth-order valence-electron chi connectivity index (χ4n) is 3.05. The Balaban J connectivity index is 1.58. The SMILES string of the molecule is COc1ccc(CCC(=O)Nc2ccc(N3CCCC3=O)c(F)c2)cc1Br. The maximum atomic E-state index is 14.3. The van der Waals surface area contributed by atoms with E-state index >= 15 is 0 Å². The lowest BCUT2D eigenvalue weighted by Gasteiger charge is -2.17. The van der Waals surface area contributed by atoms with Crippen LogP contribution >= 0.6 is 15.9 Å². The molecular formula is C20H20BrFN2O3. The Bertz CT molecular complexity index is 872. The Morgan fingerprint density at radius 3 is 2.74 bits per heavy atom. The first-order chi connectivity index (χ1) is 13.0. The van der Waals surface area contributed by atoms with E-state index in [1.807, 2.05) is 18.2 Å². The van der Waals surface area contributed by atoms with Gasteiger partial charge in [-0.3, -0.25) is 9.59 Å². The maximum absolute atomic E-state index is 14.3. The van der Waals surface area contributed by atoms with E-state index in [0.717, 1.165) is 22.2 Å². The summed E-state index contributed by atoms with van der Waals surface area (Å²) in [6.45, 7) is 0.527. The minimum Gasteiger partial charge on any atom is -0.496 e. The van der Waals surface area contributed by atoms with Gasteiger partial charge in [-0.25, -0.2) is 4.39 Å². The lowest BCUT2D eigenvalue weighted by Crippen LogP contribution is -2.24. The summed E-state index contributed by atoms with van der Waals surface area (Å²) in [7, 11) is 1.59. The predicted octanol–water partition coefficient (Wildman–Crippen LogP) is 4.29. The van der Waals surface area contributed by atoms with E-state index in [0.29, 0.717) is 25.1 Å². The van der Waals surface area contributed by atoms with Crippen LogP contribution in [0.15, 0.2) is 40.9 Å². The van der Waals surface area contributed by atoms with Crippen molar-refractivity contribution in [2.45, 2.75) is 25.7 Å². The van der Waals surface area contributed by atoms with Gasteiger partial charge < -0.3 is 15.0 Å². The molecule has 7 heteroatoms. The van der Waals surface area contributed by atoms with E-state index in [4.69, 9.17) is 4.74 Å². The number of carbonyl (C=O) groups excluding carboxylic acids is 2. The summed E-state index contributed by atoms with van der Waals surface area (Å²) in [5, 5.41) is 2.70. The first-order valence-corrected chi connectivity index (χ1v) is 9.49. The van der Waals surface area contributed by atoms with Gasteiger partial charge in [0.15, 0.2) is 0 Å². The van der Waals surface area contributed by atoms with Gasteiger partial charge in [-0.05, 0) is 64.7 Å². The molecule has 0 aliphatic carbocycles. The van der Waals surface area contributed by atoms with Crippen LogP contribution in [0.1, 0.15) is 24.8 Å². The van der Waals surface area contributed by atoms with Crippen LogP contribution in [0, 0.1) is 5.82 Å². The van der Waals surface area contributed by atoms with E-state index in [2.05, 4.69) is 21.2 Å². The van der Waals surface area contributed by atoms with E-state index in [9.17, 15) is 14.0 Å². The molecule has 142 valence electrons. The lowest BCUT2D eigenvalue weighted by atomic mass is 10.1. The highest BCUT2D eigenvalue weighted by atomic mass is 79.9. The van der Waals surface area contributed by atoms with Crippen molar-refractivity contribution < 1.29 is 18.7 Å².